The molecule has 0 aliphatic carbocycles. The molecule has 1 N–H and O–H groups in total. The van der Waals surface area contributed by atoms with E-state index < -0.39 is 6.10 Å². The zero-order valence-electron chi connectivity index (χ0n) is 10.4. The highest BCUT2D eigenvalue weighted by molar-refractivity contribution is 9.10. The second kappa shape index (κ2) is 6.42. The quantitative estimate of drug-likeness (QED) is 0.882. The van der Waals surface area contributed by atoms with E-state index in [0.717, 1.165) is 21.3 Å². The maximum Gasteiger partial charge on any atom is 0.133 e. The first-order valence-electron chi connectivity index (χ1n) is 5.97. The first-order chi connectivity index (χ1) is 9.11. The number of aliphatic hydroxyl groups excluding tert-OH is 1. The van der Waals surface area contributed by atoms with Gasteiger partial charge in [-0.1, -0.05) is 29.8 Å². The lowest BCUT2D eigenvalue weighted by molar-refractivity contribution is 0.220. The highest BCUT2D eigenvalue weighted by Gasteiger charge is 2.12. The van der Waals surface area contributed by atoms with Gasteiger partial charge in [-0.15, -0.1) is 0 Å². The molecule has 0 bridgehead atoms. The first-order valence-corrected chi connectivity index (χ1v) is 7.14. The van der Waals surface area contributed by atoms with Gasteiger partial charge in [-0.25, -0.2) is 0 Å². The Morgan fingerprint density at radius 3 is 2.37 bits per heavy atom. The van der Waals surface area contributed by atoms with Crippen molar-refractivity contribution in [2.75, 3.05) is 6.61 Å². The molecule has 0 amide bonds. The summed E-state index contributed by atoms with van der Waals surface area (Å²) in [4.78, 5) is 0. The van der Waals surface area contributed by atoms with E-state index in [1.807, 2.05) is 37.3 Å². The SMILES string of the molecule is CCOc1ccc(C(O)c2ccc(Cl)cc2)cc1Br. The van der Waals surface area contributed by atoms with Crippen LogP contribution in [0.3, 0.4) is 0 Å². The molecule has 2 nitrogen and oxygen atoms in total. The van der Waals surface area contributed by atoms with Crippen LogP contribution in [0.1, 0.15) is 24.2 Å². The Morgan fingerprint density at radius 2 is 1.79 bits per heavy atom. The molecule has 1 unspecified atom stereocenters. The van der Waals surface area contributed by atoms with E-state index in [-0.39, 0.29) is 0 Å². The monoisotopic (exact) mass is 340 g/mol. The van der Waals surface area contributed by atoms with Crippen LogP contribution in [0.4, 0.5) is 0 Å². The van der Waals surface area contributed by atoms with Gasteiger partial charge in [-0.3, -0.25) is 0 Å². The van der Waals surface area contributed by atoms with Crippen molar-refractivity contribution in [3.05, 3.63) is 63.1 Å². The largest absolute Gasteiger partial charge is 0.493 e. The Labute approximate surface area is 126 Å². The van der Waals surface area contributed by atoms with Gasteiger partial charge in [0.2, 0.25) is 0 Å². The molecule has 2 aromatic rings. The Kier molecular flexibility index (Phi) is 4.86. The van der Waals surface area contributed by atoms with Crippen LogP contribution in [-0.2, 0) is 0 Å². The van der Waals surface area contributed by atoms with Crippen molar-refractivity contribution in [1.29, 1.82) is 0 Å². The Balaban J connectivity index is 2.26. The summed E-state index contributed by atoms with van der Waals surface area (Å²) in [6.45, 7) is 2.54. The summed E-state index contributed by atoms with van der Waals surface area (Å²) in [6.07, 6.45) is -0.677. The van der Waals surface area contributed by atoms with E-state index in [0.29, 0.717) is 11.6 Å². The van der Waals surface area contributed by atoms with Gasteiger partial charge in [0.15, 0.2) is 0 Å². The average molecular weight is 342 g/mol. The highest BCUT2D eigenvalue weighted by atomic mass is 79.9. The number of halogens is 2. The van der Waals surface area contributed by atoms with Gasteiger partial charge in [-0.05, 0) is 58.2 Å². The van der Waals surface area contributed by atoms with Crippen LogP contribution in [0, 0.1) is 0 Å². The highest BCUT2D eigenvalue weighted by Crippen LogP contribution is 2.31. The first kappa shape index (κ1) is 14.4. The molecule has 0 aromatic heterocycles. The number of rotatable bonds is 4. The predicted octanol–water partition coefficient (Wildman–Crippen LogP) is 4.58. The van der Waals surface area contributed by atoms with E-state index in [1.165, 1.54) is 0 Å². The van der Waals surface area contributed by atoms with Crippen LogP contribution in [0.5, 0.6) is 5.75 Å². The molecule has 0 aliphatic rings. The molecule has 1 atom stereocenters. The topological polar surface area (TPSA) is 29.5 Å². The van der Waals surface area contributed by atoms with Crippen molar-refractivity contribution >= 4 is 27.5 Å². The molecule has 0 saturated carbocycles. The maximum absolute atomic E-state index is 10.3. The third-order valence-electron chi connectivity index (χ3n) is 2.76. The zero-order valence-corrected chi connectivity index (χ0v) is 12.8. The van der Waals surface area contributed by atoms with Crippen LogP contribution < -0.4 is 4.74 Å². The molecule has 2 rings (SSSR count). The molecule has 100 valence electrons. The molecule has 0 fully saturated rings. The fourth-order valence-corrected chi connectivity index (χ4v) is 2.43. The Bertz CT molecular complexity index is 555. The van der Waals surface area contributed by atoms with E-state index in [1.54, 1.807) is 12.1 Å². The summed E-state index contributed by atoms with van der Waals surface area (Å²) in [5.41, 5.74) is 1.61. The lowest BCUT2D eigenvalue weighted by Crippen LogP contribution is -2.00. The predicted molar refractivity (Wildman–Crippen MR) is 80.8 cm³/mol. The molecule has 0 heterocycles. The number of ether oxygens (including phenoxy) is 1. The van der Waals surface area contributed by atoms with Gasteiger partial charge in [0.05, 0.1) is 11.1 Å². The number of benzene rings is 2. The fourth-order valence-electron chi connectivity index (χ4n) is 1.80. The molecule has 19 heavy (non-hydrogen) atoms. The number of aliphatic hydroxyl groups is 1. The maximum atomic E-state index is 10.3. The lowest BCUT2D eigenvalue weighted by atomic mass is 10.0. The summed E-state index contributed by atoms with van der Waals surface area (Å²) in [7, 11) is 0. The summed E-state index contributed by atoms with van der Waals surface area (Å²) in [5, 5.41) is 11.0. The van der Waals surface area contributed by atoms with Crippen LogP contribution in [0.15, 0.2) is 46.9 Å². The smallest absolute Gasteiger partial charge is 0.133 e. The third kappa shape index (κ3) is 3.50. The molecular weight excluding hydrogens is 328 g/mol. The van der Waals surface area contributed by atoms with E-state index >= 15 is 0 Å². The third-order valence-corrected chi connectivity index (χ3v) is 3.63. The standard InChI is InChI=1S/C15H14BrClO2/c1-2-19-14-8-5-11(9-13(14)16)15(18)10-3-6-12(17)7-4-10/h3-9,15,18H,2H2,1H3. The molecular formula is C15H14BrClO2. The molecule has 2 aromatic carbocycles. The van der Waals surface area contributed by atoms with E-state index in [2.05, 4.69) is 15.9 Å². The van der Waals surface area contributed by atoms with Crippen molar-refractivity contribution in [3.63, 3.8) is 0 Å². The van der Waals surface area contributed by atoms with Gasteiger partial charge in [0.1, 0.15) is 11.9 Å². The summed E-state index contributed by atoms with van der Waals surface area (Å²) < 4.78 is 6.28. The molecule has 4 heteroatoms. The van der Waals surface area contributed by atoms with Crippen LogP contribution >= 0.6 is 27.5 Å². The second-order valence-electron chi connectivity index (χ2n) is 4.08. The summed E-state index contributed by atoms with van der Waals surface area (Å²) in [5.74, 6) is 0.773. The number of hydrogen-bond acceptors (Lipinski definition) is 2. The van der Waals surface area contributed by atoms with Crippen LogP contribution in [-0.4, -0.2) is 11.7 Å². The van der Waals surface area contributed by atoms with Crippen LogP contribution in [0.25, 0.3) is 0 Å². The van der Waals surface area contributed by atoms with Crippen molar-refractivity contribution in [2.45, 2.75) is 13.0 Å². The van der Waals surface area contributed by atoms with Gasteiger partial charge in [0, 0.05) is 5.02 Å². The van der Waals surface area contributed by atoms with Crippen molar-refractivity contribution < 1.29 is 9.84 Å². The summed E-state index contributed by atoms with van der Waals surface area (Å²) in [6, 6.07) is 12.7. The van der Waals surface area contributed by atoms with Crippen molar-refractivity contribution in [1.82, 2.24) is 0 Å². The Morgan fingerprint density at radius 1 is 1.16 bits per heavy atom. The minimum absolute atomic E-state index is 0.609. The van der Waals surface area contributed by atoms with Gasteiger partial charge < -0.3 is 9.84 Å². The van der Waals surface area contributed by atoms with E-state index in [9.17, 15) is 5.11 Å². The average Bonchev–Trinajstić information content (AvgIpc) is 2.41. The normalized spacial score (nSPS) is 12.2. The van der Waals surface area contributed by atoms with Crippen molar-refractivity contribution in [3.8, 4) is 5.75 Å². The fraction of sp³-hybridized carbons (Fsp3) is 0.200. The number of hydrogen-bond donors (Lipinski definition) is 1. The van der Waals surface area contributed by atoms with Crippen LogP contribution in [0.2, 0.25) is 5.02 Å². The van der Waals surface area contributed by atoms with Gasteiger partial charge in [0.25, 0.3) is 0 Å². The molecule has 0 radical (unpaired) electrons. The second-order valence-corrected chi connectivity index (χ2v) is 5.37. The lowest BCUT2D eigenvalue weighted by Gasteiger charge is -2.13. The Hall–Kier alpha value is -1.03. The van der Waals surface area contributed by atoms with Crippen molar-refractivity contribution in [2.24, 2.45) is 0 Å². The molecule has 0 spiro atoms. The molecule has 0 aliphatic heterocycles. The minimum atomic E-state index is -0.677. The molecule has 0 saturated heterocycles. The minimum Gasteiger partial charge on any atom is -0.493 e. The van der Waals surface area contributed by atoms with Gasteiger partial charge in [-0.2, -0.15) is 0 Å². The summed E-state index contributed by atoms with van der Waals surface area (Å²) >= 11 is 9.28. The zero-order chi connectivity index (χ0) is 13.8. The van der Waals surface area contributed by atoms with Gasteiger partial charge >= 0.3 is 0 Å². The van der Waals surface area contributed by atoms with E-state index in [4.69, 9.17) is 16.3 Å².